The maximum absolute atomic E-state index is 12.2. The van der Waals surface area contributed by atoms with Crippen molar-refractivity contribution in [3.63, 3.8) is 0 Å². The van der Waals surface area contributed by atoms with Gasteiger partial charge in [0.15, 0.2) is 0 Å². The Kier molecular flexibility index (Phi) is 7.00. The zero-order valence-corrected chi connectivity index (χ0v) is 19.5. The summed E-state index contributed by atoms with van der Waals surface area (Å²) in [4.78, 5) is 13.4. The summed E-state index contributed by atoms with van der Waals surface area (Å²) in [6.07, 6.45) is 0. The summed E-state index contributed by atoms with van der Waals surface area (Å²) in [5, 5.41) is 9.44. The molecule has 4 aromatic rings. The van der Waals surface area contributed by atoms with Crippen molar-refractivity contribution < 1.29 is 12.6 Å². The van der Waals surface area contributed by atoms with E-state index in [0.29, 0.717) is 29.7 Å². The first kappa shape index (κ1) is 23.1. The average Bonchev–Trinajstić information content (AvgIpc) is 2.85. The summed E-state index contributed by atoms with van der Waals surface area (Å²) < 4.78 is 29.2. The molecule has 0 atom stereocenters. The third-order valence-corrected chi connectivity index (χ3v) is 6.31. The molecule has 0 fully saturated rings. The van der Waals surface area contributed by atoms with Gasteiger partial charge in [-0.3, -0.25) is 4.18 Å². The van der Waals surface area contributed by atoms with Crippen molar-refractivity contribution in [2.24, 2.45) is 0 Å². The zero-order valence-electron chi connectivity index (χ0n) is 18.7. The van der Waals surface area contributed by atoms with Gasteiger partial charge in [0, 0.05) is 17.9 Å². The van der Waals surface area contributed by atoms with E-state index >= 15 is 0 Å². The van der Waals surface area contributed by atoms with E-state index in [1.165, 1.54) is 6.07 Å². The van der Waals surface area contributed by atoms with E-state index in [0.717, 1.165) is 18.4 Å². The van der Waals surface area contributed by atoms with Gasteiger partial charge >= 0.3 is 0 Å². The molecular weight excluding hydrogens is 452 g/mol. The second-order valence-electron chi connectivity index (χ2n) is 7.36. The van der Waals surface area contributed by atoms with Crippen LogP contribution in [0, 0.1) is 6.92 Å². The predicted molar refractivity (Wildman–Crippen MR) is 132 cm³/mol. The monoisotopic (exact) mass is 476 g/mol. The van der Waals surface area contributed by atoms with Crippen LogP contribution in [-0.4, -0.2) is 30.5 Å². The van der Waals surface area contributed by atoms with Crippen LogP contribution < -0.4 is 16.0 Å². The maximum atomic E-state index is 12.2. The summed E-state index contributed by atoms with van der Waals surface area (Å²) in [6, 6.07) is 24.3. The van der Waals surface area contributed by atoms with Crippen molar-refractivity contribution >= 4 is 39.3 Å². The summed E-state index contributed by atoms with van der Waals surface area (Å²) in [6.45, 7) is 2.22. The number of anilines is 5. The molecule has 9 nitrogen and oxygen atoms in total. The van der Waals surface area contributed by atoms with E-state index in [4.69, 9.17) is 0 Å². The number of para-hydroxylation sites is 1. The molecule has 0 spiro atoms. The van der Waals surface area contributed by atoms with Gasteiger partial charge in [-0.15, -0.1) is 0 Å². The van der Waals surface area contributed by atoms with E-state index in [2.05, 4.69) is 35.1 Å². The third-order valence-electron chi connectivity index (χ3n) is 4.89. The fraction of sp³-hybridized carbons (Fsp3) is 0.125. The Balaban J connectivity index is 1.64. The predicted octanol–water partition coefficient (Wildman–Crippen LogP) is 4.61. The molecule has 4 rings (SSSR count). The van der Waals surface area contributed by atoms with E-state index in [9.17, 15) is 8.42 Å². The van der Waals surface area contributed by atoms with Crippen LogP contribution in [0.2, 0.25) is 0 Å². The first-order valence-electron chi connectivity index (χ1n) is 10.5. The Bertz CT molecular complexity index is 1370. The van der Waals surface area contributed by atoms with Crippen LogP contribution in [0.3, 0.4) is 0 Å². The molecule has 0 bridgehead atoms. The average molecular weight is 477 g/mol. The van der Waals surface area contributed by atoms with Gasteiger partial charge in [-0.05, 0) is 42.3 Å². The SMILES string of the molecule is COS(=O)(=O)c1cc(Nc2nc(NCc3ccccc3)nc(Nc3ccccc3)n2)ccc1C. The smallest absolute Gasteiger partial charge is 0.297 e. The number of hydrogen-bond acceptors (Lipinski definition) is 9. The van der Waals surface area contributed by atoms with Gasteiger partial charge in [0.05, 0.1) is 12.0 Å². The highest BCUT2D eigenvalue weighted by Crippen LogP contribution is 2.24. The molecule has 10 heteroatoms. The number of benzene rings is 3. The van der Waals surface area contributed by atoms with Gasteiger partial charge in [-0.1, -0.05) is 54.6 Å². The van der Waals surface area contributed by atoms with E-state index in [1.54, 1.807) is 19.1 Å². The molecule has 34 heavy (non-hydrogen) atoms. The number of hydrogen-bond donors (Lipinski definition) is 3. The molecule has 0 radical (unpaired) electrons. The minimum atomic E-state index is -3.86. The van der Waals surface area contributed by atoms with Crippen LogP contribution in [0.5, 0.6) is 0 Å². The lowest BCUT2D eigenvalue weighted by Crippen LogP contribution is -2.10. The molecule has 0 aliphatic heterocycles. The quantitative estimate of drug-likeness (QED) is 0.297. The normalized spacial score (nSPS) is 11.1. The standard InChI is InChI=1S/C24H24N6O3S/c1-17-13-14-20(15-21(17)34(31,32)33-2)27-24-29-22(25-16-18-9-5-3-6-10-18)28-23(30-24)26-19-11-7-4-8-12-19/h3-15H,16H2,1-2H3,(H3,25,26,27,28,29,30). The van der Waals surface area contributed by atoms with Crippen LogP contribution in [0.4, 0.5) is 29.2 Å². The number of nitrogens with zero attached hydrogens (tertiary/aromatic N) is 3. The first-order valence-corrected chi connectivity index (χ1v) is 11.9. The van der Waals surface area contributed by atoms with Gasteiger partial charge in [0.25, 0.3) is 10.1 Å². The van der Waals surface area contributed by atoms with Crippen LogP contribution in [-0.2, 0) is 20.8 Å². The first-order chi connectivity index (χ1) is 16.4. The highest BCUT2D eigenvalue weighted by Gasteiger charge is 2.17. The van der Waals surface area contributed by atoms with E-state index in [-0.39, 0.29) is 10.8 Å². The molecule has 3 N–H and O–H groups in total. The largest absolute Gasteiger partial charge is 0.350 e. The Morgan fingerprint density at radius 2 is 1.35 bits per heavy atom. The lowest BCUT2D eigenvalue weighted by Gasteiger charge is -2.13. The van der Waals surface area contributed by atoms with Gasteiger partial charge < -0.3 is 16.0 Å². The Labute approximate surface area is 198 Å². The Hall–Kier alpha value is -4.02. The molecule has 0 saturated heterocycles. The molecule has 0 amide bonds. The minimum absolute atomic E-state index is 0.0686. The summed E-state index contributed by atoms with van der Waals surface area (Å²) in [7, 11) is -2.73. The molecule has 1 aromatic heterocycles. The van der Waals surface area contributed by atoms with Crippen LogP contribution >= 0.6 is 0 Å². The van der Waals surface area contributed by atoms with Crippen LogP contribution in [0.15, 0.2) is 83.8 Å². The van der Waals surface area contributed by atoms with E-state index < -0.39 is 10.1 Å². The second-order valence-corrected chi connectivity index (χ2v) is 9.04. The highest BCUT2D eigenvalue weighted by molar-refractivity contribution is 7.86. The molecule has 0 saturated carbocycles. The number of aryl methyl sites for hydroxylation is 1. The van der Waals surface area contributed by atoms with Crippen molar-refractivity contribution in [2.45, 2.75) is 18.4 Å². The summed E-state index contributed by atoms with van der Waals surface area (Å²) >= 11 is 0. The lowest BCUT2D eigenvalue weighted by molar-refractivity contribution is 0.397. The van der Waals surface area contributed by atoms with Crippen LogP contribution in [0.25, 0.3) is 0 Å². The van der Waals surface area contributed by atoms with Crippen LogP contribution in [0.1, 0.15) is 11.1 Å². The van der Waals surface area contributed by atoms with Crippen molar-refractivity contribution in [3.05, 3.63) is 90.0 Å². The molecule has 1 heterocycles. The van der Waals surface area contributed by atoms with Gasteiger partial charge in [0.2, 0.25) is 17.8 Å². The third kappa shape index (κ3) is 5.85. The lowest BCUT2D eigenvalue weighted by atomic mass is 10.2. The summed E-state index contributed by atoms with van der Waals surface area (Å²) in [5.74, 6) is 0.932. The molecule has 0 aliphatic rings. The maximum Gasteiger partial charge on any atom is 0.297 e. The topological polar surface area (TPSA) is 118 Å². The summed E-state index contributed by atoms with van der Waals surface area (Å²) in [5.41, 5.74) is 2.95. The number of nitrogens with one attached hydrogen (secondary N) is 3. The fourth-order valence-electron chi connectivity index (χ4n) is 3.16. The minimum Gasteiger partial charge on any atom is -0.350 e. The molecule has 3 aromatic carbocycles. The Morgan fingerprint density at radius 3 is 2.00 bits per heavy atom. The number of aromatic nitrogens is 3. The van der Waals surface area contributed by atoms with Gasteiger partial charge in [-0.2, -0.15) is 23.4 Å². The van der Waals surface area contributed by atoms with E-state index in [1.807, 2.05) is 60.7 Å². The van der Waals surface area contributed by atoms with Crippen molar-refractivity contribution in [3.8, 4) is 0 Å². The molecule has 0 aliphatic carbocycles. The Morgan fingerprint density at radius 1 is 0.765 bits per heavy atom. The van der Waals surface area contributed by atoms with Crippen molar-refractivity contribution in [2.75, 3.05) is 23.1 Å². The second kappa shape index (κ2) is 10.3. The van der Waals surface area contributed by atoms with Crippen molar-refractivity contribution in [1.82, 2.24) is 15.0 Å². The van der Waals surface area contributed by atoms with Crippen molar-refractivity contribution in [1.29, 1.82) is 0 Å². The number of rotatable bonds is 9. The molecular formula is C24H24N6O3S. The van der Waals surface area contributed by atoms with Gasteiger partial charge in [0.1, 0.15) is 0 Å². The van der Waals surface area contributed by atoms with Gasteiger partial charge in [-0.25, -0.2) is 0 Å². The highest BCUT2D eigenvalue weighted by atomic mass is 32.2. The molecule has 174 valence electrons. The fourth-order valence-corrected chi connectivity index (χ4v) is 4.07. The zero-order chi connectivity index (χ0) is 24.0. The molecule has 0 unspecified atom stereocenters.